The van der Waals surface area contributed by atoms with E-state index in [-0.39, 0.29) is 17.5 Å². The Hall–Kier alpha value is -3.32. The molecular weight excluding hydrogens is 366 g/mol. The molecule has 1 aromatic carbocycles. The number of carbonyl (C=O) groups excluding carboxylic acids is 1. The van der Waals surface area contributed by atoms with E-state index in [1.165, 1.54) is 6.07 Å². The summed E-state index contributed by atoms with van der Waals surface area (Å²) in [6.07, 6.45) is 3.35. The molecule has 1 fully saturated rings. The summed E-state index contributed by atoms with van der Waals surface area (Å²) >= 11 is 0. The third kappa shape index (κ3) is 4.09. The quantitative estimate of drug-likeness (QED) is 0.739. The van der Waals surface area contributed by atoms with Crippen molar-refractivity contribution in [1.29, 1.82) is 0 Å². The zero-order valence-corrected chi connectivity index (χ0v) is 16.5. The van der Waals surface area contributed by atoms with Gasteiger partial charge in [-0.15, -0.1) is 0 Å². The fraction of sp³-hybridized carbons (Fsp3) is 0.273. The molecule has 3 heterocycles. The number of amides is 1. The second kappa shape index (κ2) is 7.97. The topological polar surface area (TPSA) is 82.2 Å². The van der Waals surface area contributed by atoms with Crippen LogP contribution in [0.15, 0.2) is 59.7 Å². The van der Waals surface area contributed by atoms with Gasteiger partial charge in [-0.3, -0.25) is 19.5 Å². The Morgan fingerprint density at radius 1 is 1.03 bits per heavy atom. The van der Waals surface area contributed by atoms with Gasteiger partial charge in [0, 0.05) is 56.3 Å². The van der Waals surface area contributed by atoms with Crippen LogP contribution in [0, 0.1) is 0 Å². The number of aromatic nitrogens is 3. The van der Waals surface area contributed by atoms with E-state index in [2.05, 4.69) is 19.9 Å². The first-order valence-corrected chi connectivity index (χ1v) is 9.61. The van der Waals surface area contributed by atoms with Crippen LogP contribution < -0.4 is 5.56 Å². The first-order chi connectivity index (χ1) is 14.0. The number of hydrogen-bond donors (Lipinski definition) is 1. The van der Waals surface area contributed by atoms with Gasteiger partial charge >= 0.3 is 0 Å². The van der Waals surface area contributed by atoms with Crippen molar-refractivity contribution in [3.8, 4) is 22.6 Å². The van der Waals surface area contributed by atoms with Crippen LogP contribution in [-0.4, -0.2) is 56.8 Å². The fourth-order valence-electron chi connectivity index (χ4n) is 3.54. The maximum absolute atomic E-state index is 12.2. The molecule has 148 valence electrons. The summed E-state index contributed by atoms with van der Waals surface area (Å²) in [4.78, 5) is 39.7. The Balaban J connectivity index is 1.55. The summed E-state index contributed by atoms with van der Waals surface area (Å²) in [5.41, 5.74) is 3.21. The number of aromatic amines is 1. The van der Waals surface area contributed by atoms with E-state index in [1.54, 1.807) is 17.3 Å². The lowest BCUT2D eigenvalue weighted by Gasteiger charge is -2.37. The number of likely N-dealkylation sites (N-methyl/N-ethyl adjacent to an activating group) is 1. The Bertz CT molecular complexity index is 1060. The minimum Gasteiger partial charge on any atom is -0.343 e. The average molecular weight is 389 g/mol. The Morgan fingerprint density at radius 2 is 1.76 bits per heavy atom. The smallest absolute Gasteiger partial charge is 0.251 e. The minimum atomic E-state index is -0.198. The lowest BCUT2D eigenvalue weighted by Crippen LogP contribution is -2.53. The van der Waals surface area contributed by atoms with Crippen molar-refractivity contribution in [1.82, 2.24) is 24.8 Å². The zero-order valence-electron chi connectivity index (χ0n) is 16.5. The lowest BCUT2D eigenvalue weighted by molar-refractivity contribution is -0.139. The molecule has 0 saturated carbocycles. The van der Waals surface area contributed by atoms with E-state index in [9.17, 15) is 9.59 Å². The highest BCUT2D eigenvalue weighted by Gasteiger charge is 2.29. The highest BCUT2D eigenvalue weighted by Crippen LogP contribution is 2.21. The second-order valence-corrected chi connectivity index (χ2v) is 7.32. The minimum absolute atomic E-state index is 0.122. The van der Waals surface area contributed by atoms with E-state index >= 15 is 0 Å². The number of rotatable bonds is 4. The van der Waals surface area contributed by atoms with Crippen LogP contribution in [0.3, 0.4) is 0 Å². The molecule has 7 heteroatoms. The summed E-state index contributed by atoms with van der Waals surface area (Å²) in [6, 6.07) is 13.0. The normalized spacial score (nSPS) is 17.5. The van der Waals surface area contributed by atoms with Gasteiger partial charge in [0.05, 0.1) is 11.7 Å². The van der Waals surface area contributed by atoms with Gasteiger partial charge in [0.25, 0.3) is 5.56 Å². The summed E-state index contributed by atoms with van der Waals surface area (Å²) in [7, 11) is 1.85. The SMILES string of the molecule is CC1C(=O)N(C)CCN1Cc1ccc(-c2nc(-c3ccncc3)cc(=O)[nH]2)cc1. The number of H-pyrrole nitrogens is 1. The van der Waals surface area contributed by atoms with Crippen LogP contribution in [0.1, 0.15) is 12.5 Å². The van der Waals surface area contributed by atoms with E-state index in [1.807, 2.05) is 50.4 Å². The number of nitrogens with one attached hydrogen (secondary N) is 1. The number of hydrogen-bond acceptors (Lipinski definition) is 5. The molecule has 1 amide bonds. The molecule has 29 heavy (non-hydrogen) atoms. The van der Waals surface area contributed by atoms with Gasteiger partial charge in [0.1, 0.15) is 5.82 Å². The zero-order chi connectivity index (χ0) is 20.4. The van der Waals surface area contributed by atoms with Gasteiger partial charge in [-0.1, -0.05) is 24.3 Å². The van der Waals surface area contributed by atoms with Crippen molar-refractivity contribution >= 4 is 5.91 Å². The van der Waals surface area contributed by atoms with Crippen LogP contribution in [0.5, 0.6) is 0 Å². The van der Waals surface area contributed by atoms with Crippen molar-refractivity contribution in [2.24, 2.45) is 0 Å². The second-order valence-electron chi connectivity index (χ2n) is 7.32. The van der Waals surface area contributed by atoms with E-state index in [0.717, 1.165) is 29.8 Å². The van der Waals surface area contributed by atoms with Gasteiger partial charge in [-0.25, -0.2) is 4.98 Å². The molecule has 0 spiro atoms. The molecule has 4 rings (SSSR count). The molecule has 7 nitrogen and oxygen atoms in total. The molecule has 0 bridgehead atoms. The van der Waals surface area contributed by atoms with Gasteiger partial charge in [0.2, 0.25) is 5.91 Å². The largest absolute Gasteiger partial charge is 0.343 e. The van der Waals surface area contributed by atoms with E-state index in [4.69, 9.17) is 0 Å². The molecule has 1 unspecified atom stereocenters. The van der Waals surface area contributed by atoms with Crippen LogP contribution in [0.2, 0.25) is 0 Å². The van der Waals surface area contributed by atoms with Crippen LogP contribution >= 0.6 is 0 Å². The highest BCUT2D eigenvalue weighted by molar-refractivity contribution is 5.82. The monoisotopic (exact) mass is 389 g/mol. The van der Waals surface area contributed by atoms with E-state index in [0.29, 0.717) is 18.1 Å². The summed E-state index contributed by atoms with van der Waals surface area (Å²) in [6.45, 7) is 4.26. The van der Waals surface area contributed by atoms with Crippen molar-refractivity contribution in [3.63, 3.8) is 0 Å². The molecule has 3 aromatic rings. The molecular formula is C22H23N5O2. The predicted molar refractivity (Wildman–Crippen MR) is 111 cm³/mol. The third-order valence-electron chi connectivity index (χ3n) is 5.33. The molecule has 1 aliphatic heterocycles. The van der Waals surface area contributed by atoms with Crippen LogP contribution in [0.4, 0.5) is 0 Å². The summed E-state index contributed by atoms with van der Waals surface area (Å²) in [5.74, 6) is 0.682. The molecule has 1 aliphatic rings. The summed E-state index contributed by atoms with van der Waals surface area (Å²) < 4.78 is 0. The Morgan fingerprint density at radius 3 is 2.48 bits per heavy atom. The van der Waals surface area contributed by atoms with Crippen molar-refractivity contribution in [2.45, 2.75) is 19.5 Å². The molecule has 1 atom stereocenters. The van der Waals surface area contributed by atoms with Gasteiger partial charge in [0.15, 0.2) is 0 Å². The van der Waals surface area contributed by atoms with Gasteiger partial charge < -0.3 is 9.88 Å². The number of piperazine rings is 1. The first kappa shape index (κ1) is 19.0. The molecule has 0 radical (unpaired) electrons. The predicted octanol–water partition coefficient (Wildman–Crippen LogP) is 2.16. The summed E-state index contributed by atoms with van der Waals surface area (Å²) in [5, 5.41) is 0. The maximum atomic E-state index is 12.2. The number of nitrogens with zero attached hydrogens (tertiary/aromatic N) is 4. The average Bonchev–Trinajstić information content (AvgIpc) is 2.75. The lowest BCUT2D eigenvalue weighted by atomic mass is 10.1. The van der Waals surface area contributed by atoms with Gasteiger partial charge in [-0.05, 0) is 24.6 Å². The number of benzene rings is 1. The Kier molecular flexibility index (Phi) is 5.22. The molecule has 1 saturated heterocycles. The van der Waals surface area contributed by atoms with Crippen molar-refractivity contribution < 1.29 is 4.79 Å². The van der Waals surface area contributed by atoms with Crippen molar-refractivity contribution in [2.75, 3.05) is 20.1 Å². The number of pyridine rings is 1. The number of carbonyl (C=O) groups is 1. The van der Waals surface area contributed by atoms with Crippen LogP contribution in [-0.2, 0) is 11.3 Å². The third-order valence-corrected chi connectivity index (χ3v) is 5.33. The van der Waals surface area contributed by atoms with E-state index < -0.39 is 0 Å². The molecule has 2 aromatic heterocycles. The maximum Gasteiger partial charge on any atom is 0.251 e. The van der Waals surface area contributed by atoms with Crippen LogP contribution in [0.25, 0.3) is 22.6 Å². The first-order valence-electron chi connectivity index (χ1n) is 9.61. The Labute approximate surface area is 169 Å². The van der Waals surface area contributed by atoms with Gasteiger partial charge in [-0.2, -0.15) is 0 Å². The standard InChI is InChI=1S/C22H23N5O2/c1-15-22(29)26(2)11-12-27(15)14-16-3-5-18(6-4-16)21-24-19(13-20(28)25-21)17-7-9-23-10-8-17/h3-10,13,15H,11-12,14H2,1-2H3,(H,24,25,28). The van der Waals surface area contributed by atoms with Crippen molar-refractivity contribution in [3.05, 3.63) is 70.8 Å². The highest BCUT2D eigenvalue weighted by atomic mass is 16.2. The fourth-order valence-corrected chi connectivity index (χ4v) is 3.54. The molecule has 0 aliphatic carbocycles. The molecule has 1 N–H and O–H groups in total.